The second kappa shape index (κ2) is 7.81. The van der Waals surface area contributed by atoms with E-state index >= 15 is 0 Å². The number of carbonyl (C=O) groups is 2. The summed E-state index contributed by atoms with van der Waals surface area (Å²) in [5.41, 5.74) is 0.265. The Morgan fingerprint density at radius 3 is 2.70 bits per heavy atom. The third-order valence-electron chi connectivity index (χ3n) is 3.80. The molecule has 23 heavy (non-hydrogen) atoms. The number of aromatic hydroxyl groups is 2. The molecule has 0 aromatic heterocycles. The molecule has 0 spiro atoms. The van der Waals surface area contributed by atoms with E-state index in [1.165, 1.54) is 6.07 Å². The number of phenolic OH excluding ortho intramolecular Hbond substituents is 2. The number of cyclic esters (lactones) is 1. The van der Waals surface area contributed by atoms with Gasteiger partial charge in [-0.1, -0.05) is 12.2 Å². The number of ketones is 1. The molecule has 0 amide bonds. The molecule has 0 saturated carbocycles. The van der Waals surface area contributed by atoms with Gasteiger partial charge in [0.2, 0.25) is 0 Å². The molecule has 1 aliphatic rings. The fourth-order valence-electron chi connectivity index (χ4n) is 2.62. The first kappa shape index (κ1) is 17.1. The van der Waals surface area contributed by atoms with Crippen LogP contribution in [0.1, 0.15) is 54.9 Å². The number of hydrogen-bond donors (Lipinski definition) is 2. The Morgan fingerprint density at radius 1 is 1.13 bits per heavy atom. The maximum Gasteiger partial charge on any atom is 0.342 e. The summed E-state index contributed by atoms with van der Waals surface area (Å²) in [5.74, 6) is -1.26. The van der Waals surface area contributed by atoms with Gasteiger partial charge in [-0.25, -0.2) is 4.79 Å². The molecule has 0 radical (unpaired) electrons. The van der Waals surface area contributed by atoms with Crippen LogP contribution in [-0.4, -0.2) is 28.1 Å². The Kier molecular flexibility index (Phi) is 5.79. The van der Waals surface area contributed by atoms with E-state index in [1.807, 2.05) is 12.2 Å². The van der Waals surface area contributed by atoms with Crippen molar-refractivity contribution in [3.8, 4) is 11.5 Å². The lowest BCUT2D eigenvalue weighted by atomic mass is 9.98. The van der Waals surface area contributed by atoms with Crippen LogP contribution >= 0.6 is 0 Å². The predicted octanol–water partition coefficient (Wildman–Crippen LogP) is 3.28. The van der Waals surface area contributed by atoms with Crippen molar-refractivity contribution in [2.24, 2.45) is 0 Å². The van der Waals surface area contributed by atoms with Crippen molar-refractivity contribution in [3.05, 3.63) is 35.4 Å². The second-order valence-corrected chi connectivity index (χ2v) is 5.88. The molecule has 1 aromatic rings. The number of hydrogen-bond acceptors (Lipinski definition) is 5. The fourth-order valence-corrected chi connectivity index (χ4v) is 2.62. The highest BCUT2D eigenvalue weighted by Crippen LogP contribution is 2.29. The molecule has 1 heterocycles. The molecule has 5 heteroatoms. The number of esters is 1. The smallest absolute Gasteiger partial charge is 0.342 e. The Bertz CT molecular complexity index is 618. The monoisotopic (exact) mass is 318 g/mol. The van der Waals surface area contributed by atoms with E-state index in [0.29, 0.717) is 18.4 Å². The van der Waals surface area contributed by atoms with E-state index in [9.17, 15) is 19.8 Å². The molecule has 0 saturated heterocycles. The molecular formula is C18H22O5. The lowest BCUT2D eigenvalue weighted by Gasteiger charge is -2.15. The zero-order valence-electron chi connectivity index (χ0n) is 13.2. The minimum Gasteiger partial charge on any atom is -0.508 e. The van der Waals surface area contributed by atoms with E-state index < -0.39 is 5.97 Å². The molecule has 0 fully saturated rings. The zero-order valence-corrected chi connectivity index (χ0v) is 13.2. The Balaban J connectivity index is 2.34. The fraction of sp³-hybridized carbons (Fsp3) is 0.444. The van der Waals surface area contributed by atoms with Gasteiger partial charge in [0, 0.05) is 25.3 Å². The van der Waals surface area contributed by atoms with E-state index in [1.54, 1.807) is 6.92 Å². The number of benzene rings is 1. The SMILES string of the molecule is C[C@@H]1C/C=C\CCCCC(=O)Cc2cc(O)cc(O)c2C(=O)O1. The molecule has 2 rings (SSSR count). The number of rotatable bonds is 0. The van der Waals surface area contributed by atoms with Crippen LogP contribution in [0.3, 0.4) is 0 Å². The Morgan fingerprint density at radius 2 is 1.91 bits per heavy atom. The van der Waals surface area contributed by atoms with Crippen molar-refractivity contribution >= 4 is 11.8 Å². The zero-order chi connectivity index (χ0) is 16.8. The number of fused-ring (bicyclic) bond motifs is 1. The van der Waals surface area contributed by atoms with E-state index in [4.69, 9.17) is 4.74 Å². The number of phenols is 2. The van der Waals surface area contributed by atoms with Gasteiger partial charge in [-0.05, 0) is 37.8 Å². The van der Waals surface area contributed by atoms with Crippen LogP contribution in [0.4, 0.5) is 0 Å². The number of allylic oxidation sites excluding steroid dienone is 1. The standard InChI is InChI=1S/C18H22O5/c1-12-7-5-3-2-4-6-8-14(19)9-13-10-15(20)11-16(21)17(13)18(22)23-12/h3,5,10-12,20-21H,2,4,6-9H2,1H3/b5-3-/t12-/m1/s1. The molecule has 0 unspecified atom stereocenters. The highest BCUT2D eigenvalue weighted by Gasteiger charge is 2.22. The van der Waals surface area contributed by atoms with Crippen molar-refractivity contribution in [2.45, 2.75) is 51.6 Å². The summed E-state index contributed by atoms with van der Waals surface area (Å²) in [6.45, 7) is 1.77. The number of carbonyl (C=O) groups excluding carboxylic acids is 2. The third-order valence-corrected chi connectivity index (χ3v) is 3.80. The summed E-state index contributed by atoms with van der Waals surface area (Å²) in [5, 5.41) is 19.6. The van der Waals surface area contributed by atoms with Crippen LogP contribution < -0.4 is 0 Å². The van der Waals surface area contributed by atoms with Gasteiger partial charge in [-0.2, -0.15) is 0 Å². The van der Waals surface area contributed by atoms with Crippen molar-refractivity contribution in [3.63, 3.8) is 0 Å². The first-order valence-electron chi connectivity index (χ1n) is 7.90. The van der Waals surface area contributed by atoms with Gasteiger partial charge in [0.1, 0.15) is 28.9 Å². The van der Waals surface area contributed by atoms with E-state index in [2.05, 4.69) is 0 Å². The van der Waals surface area contributed by atoms with Crippen LogP contribution in [0.2, 0.25) is 0 Å². The number of ether oxygens (including phenoxy) is 1. The second-order valence-electron chi connectivity index (χ2n) is 5.88. The first-order valence-corrected chi connectivity index (χ1v) is 7.90. The van der Waals surface area contributed by atoms with Gasteiger partial charge in [0.25, 0.3) is 0 Å². The van der Waals surface area contributed by atoms with E-state index in [-0.39, 0.29) is 35.4 Å². The van der Waals surface area contributed by atoms with Crippen LogP contribution in [0.15, 0.2) is 24.3 Å². The third kappa shape index (κ3) is 4.84. The van der Waals surface area contributed by atoms with Gasteiger partial charge >= 0.3 is 5.97 Å². The first-order chi connectivity index (χ1) is 11.0. The Labute approximate surface area is 135 Å². The largest absolute Gasteiger partial charge is 0.508 e. The number of Topliss-reactive ketones (excluding diaryl/α,β-unsaturated/α-hetero) is 1. The van der Waals surface area contributed by atoms with Crippen molar-refractivity contribution in [2.75, 3.05) is 0 Å². The average Bonchev–Trinajstić information content (AvgIpc) is 2.44. The van der Waals surface area contributed by atoms with Gasteiger partial charge in [0.15, 0.2) is 0 Å². The van der Waals surface area contributed by atoms with Gasteiger partial charge in [-0.15, -0.1) is 0 Å². The topological polar surface area (TPSA) is 83.8 Å². The highest BCUT2D eigenvalue weighted by molar-refractivity contribution is 5.96. The van der Waals surface area contributed by atoms with Gasteiger partial charge < -0.3 is 14.9 Å². The molecule has 1 atom stereocenters. The summed E-state index contributed by atoms with van der Waals surface area (Å²) < 4.78 is 5.33. The van der Waals surface area contributed by atoms with Crippen molar-refractivity contribution < 1.29 is 24.5 Å². The quantitative estimate of drug-likeness (QED) is 0.566. The van der Waals surface area contributed by atoms with Gasteiger partial charge in [-0.3, -0.25) is 4.79 Å². The highest BCUT2D eigenvalue weighted by atomic mass is 16.5. The Hall–Kier alpha value is -2.30. The molecule has 124 valence electrons. The minimum atomic E-state index is -0.678. The maximum absolute atomic E-state index is 12.3. The van der Waals surface area contributed by atoms with Crippen molar-refractivity contribution in [1.29, 1.82) is 0 Å². The van der Waals surface area contributed by atoms with Crippen molar-refractivity contribution in [1.82, 2.24) is 0 Å². The predicted molar refractivity (Wildman–Crippen MR) is 85.6 cm³/mol. The average molecular weight is 318 g/mol. The lowest BCUT2D eigenvalue weighted by molar-refractivity contribution is -0.118. The van der Waals surface area contributed by atoms with Gasteiger partial charge in [0.05, 0.1) is 0 Å². The molecular weight excluding hydrogens is 296 g/mol. The molecule has 0 aliphatic carbocycles. The van der Waals surface area contributed by atoms with E-state index in [0.717, 1.165) is 25.3 Å². The summed E-state index contributed by atoms with van der Waals surface area (Å²) in [6.07, 6.45) is 7.26. The molecule has 2 N–H and O–H groups in total. The molecule has 1 aromatic carbocycles. The normalized spacial score (nSPS) is 21.9. The van der Waals surface area contributed by atoms with Crippen LogP contribution in [-0.2, 0) is 16.0 Å². The minimum absolute atomic E-state index is 0.00336. The molecule has 1 aliphatic heterocycles. The summed E-state index contributed by atoms with van der Waals surface area (Å²) in [7, 11) is 0. The molecule has 0 bridgehead atoms. The van der Waals surface area contributed by atoms with Crippen LogP contribution in [0.5, 0.6) is 11.5 Å². The van der Waals surface area contributed by atoms with Crippen LogP contribution in [0.25, 0.3) is 0 Å². The summed E-state index contributed by atoms with van der Waals surface area (Å²) in [6, 6.07) is 2.42. The summed E-state index contributed by atoms with van der Waals surface area (Å²) in [4.78, 5) is 24.4. The lowest BCUT2D eigenvalue weighted by Crippen LogP contribution is -2.17. The van der Waals surface area contributed by atoms with Crippen LogP contribution in [0, 0.1) is 0 Å². The summed E-state index contributed by atoms with van der Waals surface area (Å²) >= 11 is 0. The maximum atomic E-state index is 12.3. The molecule has 5 nitrogen and oxygen atoms in total.